The van der Waals surface area contributed by atoms with Crippen LogP contribution in [0, 0.1) is 0 Å². The van der Waals surface area contributed by atoms with Gasteiger partial charge < -0.3 is 10.4 Å². The number of nitrogens with one attached hydrogen (secondary N) is 1. The van der Waals surface area contributed by atoms with Crippen molar-refractivity contribution in [1.82, 2.24) is 0 Å². The van der Waals surface area contributed by atoms with Crippen molar-refractivity contribution in [3.8, 4) is 0 Å². The van der Waals surface area contributed by atoms with Crippen molar-refractivity contribution >= 4 is 34.8 Å². The van der Waals surface area contributed by atoms with E-state index in [0.717, 1.165) is 0 Å². The number of hydrogen-bond donors (Lipinski definition) is 2. The Bertz CT molecular complexity index is 355. The smallest absolute Gasteiger partial charge is 0.224 e. The van der Waals surface area contributed by atoms with Crippen LogP contribution in [0.5, 0.6) is 0 Å². The molecule has 0 aromatic heterocycles. The average Bonchev–Trinajstić information content (AvgIpc) is 2.22. The Labute approximate surface area is 98.0 Å². The van der Waals surface area contributed by atoms with Crippen LogP contribution in [0.3, 0.4) is 0 Å². The number of aliphatic hydroxyl groups excluding tert-OH is 1. The molecule has 1 aromatic carbocycles. The van der Waals surface area contributed by atoms with Crippen LogP contribution in [0.15, 0.2) is 18.2 Å². The standard InChI is InChI=1S/C10H11Cl2NO2/c11-7-3-1-4-8(10(7)12)13-9(15)5-2-6-14/h1,3-4,14H,2,5-6H2,(H,13,15). The fourth-order valence-electron chi connectivity index (χ4n) is 1.05. The van der Waals surface area contributed by atoms with Gasteiger partial charge in [-0.05, 0) is 18.6 Å². The highest BCUT2D eigenvalue weighted by molar-refractivity contribution is 6.43. The largest absolute Gasteiger partial charge is 0.396 e. The fraction of sp³-hybridized carbons (Fsp3) is 0.300. The van der Waals surface area contributed by atoms with Crippen LogP contribution >= 0.6 is 23.2 Å². The lowest BCUT2D eigenvalue weighted by atomic mass is 10.2. The lowest BCUT2D eigenvalue weighted by molar-refractivity contribution is -0.116. The van der Waals surface area contributed by atoms with Crippen molar-refractivity contribution in [2.75, 3.05) is 11.9 Å². The number of carbonyl (C=O) groups excluding carboxylic acids is 1. The maximum absolute atomic E-state index is 11.3. The van der Waals surface area contributed by atoms with E-state index >= 15 is 0 Å². The summed E-state index contributed by atoms with van der Waals surface area (Å²) in [4.78, 5) is 11.3. The Hall–Kier alpha value is -0.770. The first kappa shape index (κ1) is 12.3. The molecule has 0 aliphatic heterocycles. The van der Waals surface area contributed by atoms with Crippen molar-refractivity contribution in [3.05, 3.63) is 28.2 Å². The second kappa shape index (κ2) is 5.95. The third-order valence-electron chi connectivity index (χ3n) is 1.79. The highest BCUT2D eigenvalue weighted by atomic mass is 35.5. The molecule has 0 aliphatic rings. The molecule has 15 heavy (non-hydrogen) atoms. The quantitative estimate of drug-likeness (QED) is 0.860. The molecule has 1 aromatic rings. The van der Waals surface area contributed by atoms with Gasteiger partial charge in [-0.2, -0.15) is 0 Å². The molecule has 0 radical (unpaired) electrons. The van der Waals surface area contributed by atoms with E-state index in [1.54, 1.807) is 18.2 Å². The Morgan fingerprint density at radius 2 is 2.13 bits per heavy atom. The first-order valence-corrected chi connectivity index (χ1v) is 5.25. The third kappa shape index (κ3) is 3.70. The minimum atomic E-state index is -0.187. The molecule has 0 heterocycles. The monoisotopic (exact) mass is 247 g/mol. The molecule has 0 fully saturated rings. The normalized spacial score (nSPS) is 10.1. The van der Waals surface area contributed by atoms with Gasteiger partial charge in [0.25, 0.3) is 0 Å². The molecule has 3 nitrogen and oxygen atoms in total. The second-order valence-electron chi connectivity index (χ2n) is 2.98. The van der Waals surface area contributed by atoms with Crippen LogP contribution in [0.2, 0.25) is 10.0 Å². The van der Waals surface area contributed by atoms with Gasteiger partial charge >= 0.3 is 0 Å². The molecule has 0 spiro atoms. The van der Waals surface area contributed by atoms with Gasteiger partial charge in [0.2, 0.25) is 5.91 Å². The third-order valence-corrected chi connectivity index (χ3v) is 2.61. The van der Waals surface area contributed by atoms with Crippen LogP contribution in [0.25, 0.3) is 0 Å². The van der Waals surface area contributed by atoms with Crippen LogP contribution in [0.1, 0.15) is 12.8 Å². The predicted molar refractivity (Wildman–Crippen MR) is 61.4 cm³/mol. The van der Waals surface area contributed by atoms with Gasteiger partial charge in [-0.3, -0.25) is 4.79 Å². The van der Waals surface area contributed by atoms with E-state index in [1.165, 1.54) is 0 Å². The molecule has 1 rings (SSSR count). The van der Waals surface area contributed by atoms with Gasteiger partial charge in [0.05, 0.1) is 15.7 Å². The second-order valence-corrected chi connectivity index (χ2v) is 3.76. The van der Waals surface area contributed by atoms with Gasteiger partial charge in [0.15, 0.2) is 0 Å². The molecule has 0 aliphatic carbocycles. The molecule has 0 atom stereocenters. The number of aliphatic hydroxyl groups is 1. The van der Waals surface area contributed by atoms with Crippen molar-refractivity contribution in [2.24, 2.45) is 0 Å². The molecule has 0 saturated heterocycles. The number of anilines is 1. The molecule has 0 bridgehead atoms. The SMILES string of the molecule is O=C(CCCO)Nc1cccc(Cl)c1Cl. The van der Waals surface area contributed by atoms with Gasteiger partial charge in [-0.1, -0.05) is 29.3 Å². The predicted octanol–water partition coefficient (Wildman–Crippen LogP) is 2.70. The van der Waals surface area contributed by atoms with Crippen LogP contribution in [-0.2, 0) is 4.79 Å². The van der Waals surface area contributed by atoms with E-state index in [0.29, 0.717) is 22.2 Å². The maximum Gasteiger partial charge on any atom is 0.224 e. The Morgan fingerprint density at radius 1 is 1.40 bits per heavy atom. The van der Waals surface area contributed by atoms with Crippen LogP contribution < -0.4 is 5.32 Å². The average molecular weight is 248 g/mol. The summed E-state index contributed by atoms with van der Waals surface area (Å²) in [5.74, 6) is -0.187. The summed E-state index contributed by atoms with van der Waals surface area (Å²) < 4.78 is 0. The van der Waals surface area contributed by atoms with E-state index in [-0.39, 0.29) is 18.9 Å². The molecule has 2 N–H and O–H groups in total. The molecule has 1 amide bonds. The van der Waals surface area contributed by atoms with Crippen molar-refractivity contribution in [2.45, 2.75) is 12.8 Å². The first-order valence-electron chi connectivity index (χ1n) is 4.50. The summed E-state index contributed by atoms with van der Waals surface area (Å²) in [5, 5.41) is 11.9. The minimum absolute atomic E-state index is 0.00328. The zero-order valence-electron chi connectivity index (χ0n) is 7.96. The van der Waals surface area contributed by atoms with Crippen LogP contribution in [-0.4, -0.2) is 17.6 Å². The number of rotatable bonds is 4. The number of hydrogen-bond acceptors (Lipinski definition) is 2. The maximum atomic E-state index is 11.3. The molecule has 0 unspecified atom stereocenters. The Balaban J connectivity index is 2.64. The topological polar surface area (TPSA) is 49.3 Å². The lowest BCUT2D eigenvalue weighted by Gasteiger charge is -2.07. The van der Waals surface area contributed by atoms with E-state index in [4.69, 9.17) is 28.3 Å². The van der Waals surface area contributed by atoms with Crippen molar-refractivity contribution in [3.63, 3.8) is 0 Å². The summed E-state index contributed by atoms with van der Waals surface area (Å²) in [7, 11) is 0. The van der Waals surface area contributed by atoms with Gasteiger partial charge in [0, 0.05) is 13.0 Å². The Morgan fingerprint density at radius 3 is 2.80 bits per heavy atom. The highest BCUT2D eigenvalue weighted by Crippen LogP contribution is 2.29. The van der Waals surface area contributed by atoms with Gasteiger partial charge in [0.1, 0.15) is 0 Å². The highest BCUT2D eigenvalue weighted by Gasteiger charge is 2.07. The summed E-state index contributed by atoms with van der Waals surface area (Å²) >= 11 is 11.7. The molecule has 82 valence electrons. The summed E-state index contributed by atoms with van der Waals surface area (Å²) in [6.07, 6.45) is 0.698. The molecule has 0 saturated carbocycles. The van der Waals surface area contributed by atoms with E-state index in [1.807, 2.05) is 0 Å². The van der Waals surface area contributed by atoms with Crippen LogP contribution in [0.4, 0.5) is 5.69 Å². The summed E-state index contributed by atoms with van der Waals surface area (Å²) in [5.41, 5.74) is 0.493. The fourth-order valence-corrected chi connectivity index (χ4v) is 1.40. The number of halogens is 2. The van der Waals surface area contributed by atoms with E-state index in [9.17, 15) is 4.79 Å². The number of benzene rings is 1. The van der Waals surface area contributed by atoms with E-state index in [2.05, 4.69) is 5.32 Å². The van der Waals surface area contributed by atoms with Crippen molar-refractivity contribution < 1.29 is 9.90 Å². The van der Waals surface area contributed by atoms with Gasteiger partial charge in [-0.25, -0.2) is 0 Å². The zero-order valence-corrected chi connectivity index (χ0v) is 9.48. The zero-order chi connectivity index (χ0) is 11.3. The van der Waals surface area contributed by atoms with E-state index < -0.39 is 0 Å². The molecular formula is C10H11Cl2NO2. The first-order chi connectivity index (χ1) is 7.15. The Kier molecular flexibility index (Phi) is 4.88. The number of amides is 1. The minimum Gasteiger partial charge on any atom is -0.396 e. The van der Waals surface area contributed by atoms with Gasteiger partial charge in [-0.15, -0.1) is 0 Å². The molecular weight excluding hydrogens is 237 g/mol. The summed E-state index contributed by atoms with van der Waals surface area (Å²) in [6.45, 7) is -0.00328. The molecule has 5 heteroatoms. The summed E-state index contributed by atoms with van der Waals surface area (Å²) in [6, 6.07) is 5.02. The lowest BCUT2D eigenvalue weighted by Crippen LogP contribution is -2.12. The van der Waals surface area contributed by atoms with Crippen molar-refractivity contribution in [1.29, 1.82) is 0 Å². The number of carbonyl (C=O) groups is 1.